The Balaban J connectivity index is 1.44. The summed E-state index contributed by atoms with van der Waals surface area (Å²) < 4.78 is 52.6. The number of piperidine rings is 1. The first-order valence-corrected chi connectivity index (χ1v) is 15.7. The highest BCUT2D eigenvalue weighted by Crippen LogP contribution is 2.36. The first kappa shape index (κ1) is 31.9. The zero-order valence-corrected chi connectivity index (χ0v) is 26.0. The number of rotatable bonds is 8. The van der Waals surface area contributed by atoms with Gasteiger partial charge in [0, 0.05) is 42.9 Å². The van der Waals surface area contributed by atoms with Gasteiger partial charge in [0.15, 0.2) is 0 Å². The minimum Gasteiger partial charge on any atom is -0.481 e. The molecule has 46 heavy (non-hydrogen) atoms. The van der Waals surface area contributed by atoms with Gasteiger partial charge in [-0.25, -0.2) is 9.97 Å². The van der Waals surface area contributed by atoms with E-state index in [4.69, 9.17) is 14.5 Å². The average Bonchev–Trinajstić information content (AvgIpc) is 3.08. The number of carbonyl (C=O) groups excluding carboxylic acids is 1. The standard InChI is InChI=1S/C35H38F3N5O3/c1-23(24-7-4-3-5-8-24)39-34(44)31-28(22-42-15-13-27(14-16-42)43-17-19-46-20-18-43)32(25-9-6-10-26(21-25)35(36,37)38)40-29-11-12-30(45-2)41-33(29)31/h3-12,21,23,27H,13-20,22H2,1-2H3,(H,39,44)/t23-/m0/s1. The Labute approximate surface area is 266 Å². The minimum atomic E-state index is -4.53. The van der Waals surface area contributed by atoms with Crippen molar-refractivity contribution < 1.29 is 27.4 Å². The Hall–Kier alpha value is -4.06. The predicted octanol–water partition coefficient (Wildman–Crippen LogP) is 6.11. The van der Waals surface area contributed by atoms with Crippen LogP contribution in [0.1, 0.15) is 52.9 Å². The number of morpholine rings is 1. The lowest BCUT2D eigenvalue weighted by Gasteiger charge is -2.40. The summed E-state index contributed by atoms with van der Waals surface area (Å²) in [6.45, 7) is 7.07. The first-order chi connectivity index (χ1) is 22.2. The number of carbonyl (C=O) groups is 1. The minimum absolute atomic E-state index is 0.286. The molecule has 1 N–H and O–H groups in total. The van der Waals surface area contributed by atoms with E-state index in [9.17, 15) is 18.0 Å². The van der Waals surface area contributed by atoms with Crippen LogP contribution in [0.15, 0.2) is 66.7 Å². The fraction of sp³-hybridized carbons (Fsp3) is 0.400. The summed E-state index contributed by atoms with van der Waals surface area (Å²) in [4.78, 5) is 28.6. The number of methoxy groups -OCH3 is 1. The van der Waals surface area contributed by atoms with Gasteiger partial charge in [0.1, 0.15) is 5.52 Å². The highest BCUT2D eigenvalue weighted by Gasteiger charge is 2.33. The van der Waals surface area contributed by atoms with E-state index in [1.807, 2.05) is 37.3 Å². The number of amides is 1. The largest absolute Gasteiger partial charge is 0.481 e. The summed E-state index contributed by atoms with van der Waals surface area (Å²) in [6, 6.07) is 18.2. The molecule has 4 heterocycles. The predicted molar refractivity (Wildman–Crippen MR) is 170 cm³/mol. The van der Waals surface area contributed by atoms with Crippen molar-refractivity contribution in [2.75, 3.05) is 46.5 Å². The SMILES string of the molecule is COc1ccc2nc(-c3cccc(C(F)(F)F)c3)c(CN3CCC(N4CCOCC4)CC3)c(C(=O)N[C@@H](C)c3ccccc3)c2n1. The van der Waals surface area contributed by atoms with E-state index in [0.717, 1.165) is 69.9 Å². The number of fused-ring (bicyclic) bond motifs is 1. The quantitative estimate of drug-likeness (QED) is 0.251. The van der Waals surface area contributed by atoms with E-state index >= 15 is 0 Å². The molecular formula is C35H38F3N5O3. The number of hydrogen-bond donors (Lipinski definition) is 1. The molecule has 2 aliphatic heterocycles. The molecule has 2 aromatic heterocycles. The summed E-state index contributed by atoms with van der Waals surface area (Å²) in [6.07, 6.45) is -2.65. The van der Waals surface area contributed by atoms with E-state index in [0.29, 0.717) is 40.8 Å². The van der Waals surface area contributed by atoms with Crippen molar-refractivity contribution in [2.45, 2.75) is 44.6 Å². The third-order valence-corrected chi connectivity index (χ3v) is 8.95. The van der Waals surface area contributed by atoms with Crippen molar-refractivity contribution in [3.05, 3.63) is 89.0 Å². The van der Waals surface area contributed by atoms with Crippen LogP contribution in [-0.4, -0.2) is 78.2 Å². The van der Waals surface area contributed by atoms with E-state index in [1.165, 1.54) is 13.2 Å². The second-order valence-electron chi connectivity index (χ2n) is 11.9. The Kier molecular flexibility index (Phi) is 9.53. The van der Waals surface area contributed by atoms with Crippen LogP contribution in [0.3, 0.4) is 0 Å². The topological polar surface area (TPSA) is 79.8 Å². The molecule has 1 amide bonds. The van der Waals surface area contributed by atoms with Gasteiger partial charge in [-0.15, -0.1) is 0 Å². The molecule has 0 aliphatic carbocycles. The Morgan fingerprint density at radius 3 is 2.43 bits per heavy atom. The van der Waals surface area contributed by atoms with Gasteiger partial charge in [0.25, 0.3) is 5.91 Å². The molecule has 0 spiro atoms. The molecule has 2 aliphatic rings. The molecule has 6 rings (SSSR count). The number of pyridine rings is 2. The van der Waals surface area contributed by atoms with Crippen LogP contribution in [-0.2, 0) is 17.5 Å². The van der Waals surface area contributed by atoms with E-state index in [1.54, 1.807) is 18.2 Å². The summed E-state index contributed by atoms with van der Waals surface area (Å²) >= 11 is 0. The molecule has 0 unspecified atom stereocenters. The molecule has 0 saturated carbocycles. The van der Waals surface area contributed by atoms with Crippen LogP contribution in [0.25, 0.3) is 22.3 Å². The Morgan fingerprint density at radius 2 is 1.74 bits per heavy atom. The summed E-state index contributed by atoms with van der Waals surface area (Å²) in [5, 5.41) is 3.12. The number of halogens is 3. The molecule has 2 fully saturated rings. The molecular weight excluding hydrogens is 595 g/mol. The smallest absolute Gasteiger partial charge is 0.416 e. The number of likely N-dealkylation sites (tertiary alicyclic amines) is 1. The van der Waals surface area contributed by atoms with Gasteiger partial charge < -0.3 is 14.8 Å². The van der Waals surface area contributed by atoms with Crippen molar-refractivity contribution in [1.29, 1.82) is 0 Å². The molecule has 4 aromatic rings. The van der Waals surface area contributed by atoms with Crippen molar-refractivity contribution in [3.63, 3.8) is 0 Å². The average molecular weight is 634 g/mol. The van der Waals surface area contributed by atoms with Crippen molar-refractivity contribution in [3.8, 4) is 17.1 Å². The van der Waals surface area contributed by atoms with Crippen LogP contribution >= 0.6 is 0 Å². The zero-order chi connectivity index (χ0) is 32.3. The first-order valence-electron chi connectivity index (χ1n) is 15.7. The normalized spacial score (nSPS) is 17.6. The molecule has 2 saturated heterocycles. The number of ether oxygens (including phenoxy) is 2. The Morgan fingerprint density at radius 1 is 1.00 bits per heavy atom. The second-order valence-corrected chi connectivity index (χ2v) is 11.9. The lowest BCUT2D eigenvalue weighted by atomic mass is 9.95. The molecule has 8 nitrogen and oxygen atoms in total. The monoisotopic (exact) mass is 633 g/mol. The number of hydrogen-bond acceptors (Lipinski definition) is 7. The molecule has 1 atom stereocenters. The number of aromatic nitrogens is 2. The maximum Gasteiger partial charge on any atom is 0.416 e. The van der Waals surface area contributed by atoms with Crippen LogP contribution in [0.2, 0.25) is 0 Å². The van der Waals surface area contributed by atoms with Gasteiger partial charge in [0.05, 0.1) is 48.7 Å². The number of alkyl halides is 3. The third-order valence-electron chi connectivity index (χ3n) is 8.95. The fourth-order valence-electron chi connectivity index (χ4n) is 6.45. The van der Waals surface area contributed by atoms with Gasteiger partial charge in [-0.3, -0.25) is 14.6 Å². The lowest BCUT2D eigenvalue weighted by Crippen LogP contribution is -2.48. The van der Waals surface area contributed by atoms with E-state index in [2.05, 4.69) is 20.1 Å². The van der Waals surface area contributed by atoms with Crippen LogP contribution < -0.4 is 10.1 Å². The van der Waals surface area contributed by atoms with Crippen LogP contribution in [0.5, 0.6) is 5.88 Å². The van der Waals surface area contributed by atoms with Gasteiger partial charge in [0.2, 0.25) is 5.88 Å². The Bertz CT molecular complexity index is 1670. The maximum atomic E-state index is 14.3. The highest BCUT2D eigenvalue weighted by atomic mass is 19.4. The number of benzene rings is 2. The summed E-state index contributed by atoms with van der Waals surface area (Å²) in [7, 11) is 1.50. The molecule has 242 valence electrons. The summed E-state index contributed by atoms with van der Waals surface area (Å²) in [5.41, 5.74) is 2.32. The lowest BCUT2D eigenvalue weighted by molar-refractivity contribution is -0.137. The molecule has 2 aromatic carbocycles. The summed E-state index contributed by atoms with van der Waals surface area (Å²) in [5.74, 6) is -0.0699. The van der Waals surface area contributed by atoms with Crippen LogP contribution in [0.4, 0.5) is 13.2 Å². The van der Waals surface area contributed by atoms with E-state index in [-0.39, 0.29) is 23.1 Å². The zero-order valence-electron chi connectivity index (χ0n) is 26.0. The van der Waals surface area contributed by atoms with Crippen molar-refractivity contribution in [2.24, 2.45) is 0 Å². The van der Waals surface area contributed by atoms with Crippen molar-refractivity contribution >= 4 is 16.9 Å². The van der Waals surface area contributed by atoms with Gasteiger partial charge in [-0.1, -0.05) is 42.5 Å². The van der Waals surface area contributed by atoms with Crippen molar-refractivity contribution in [1.82, 2.24) is 25.1 Å². The maximum absolute atomic E-state index is 14.3. The third kappa shape index (κ3) is 7.01. The van der Waals surface area contributed by atoms with Crippen LogP contribution in [0, 0.1) is 0 Å². The van der Waals surface area contributed by atoms with Gasteiger partial charge >= 0.3 is 6.18 Å². The number of nitrogens with one attached hydrogen (secondary N) is 1. The molecule has 11 heteroatoms. The fourth-order valence-corrected chi connectivity index (χ4v) is 6.45. The molecule has 0 bridgehead atoms. The van der Waals surface area contributed by atoms with E-state index < -0.39 is 11.7 Å². The number of nitrogens with zero attached hydrogens (tertiary/aromatic N) is 4. The second kappa shape index (κ2) is 13.7. The van der Waals surface area contributed by atoms with Gasteiger partial charge in [-0.2, -0.15) is 13.2 Å². The molecule has 0 radical (unpaired) electrons. The van der Waals surface area contributed by atoms with Gasteiger partial charge in [-0.05, 0) is 56.6 Å². The highest BCUT2D eigenvalue weighted by molar-refractivity contribution is 6.08.